The lowest BCUT2D eigenvalue weighted by Gasteiger charge is -2.08. The van der Waals surface area contributed by atoms with Crippen molar-refractivity contribution in [2.75, 3.05) is 19.4 Å². The average Bonchev–Trinajstić information content (AvgIpc) is 2.38. The van der Waals surface area contributed by atoms with Crippen molar-refractivity contribution in [3.05, 3.63) is 24.3 Å². The number of urea groups is 2. The van der Waals surface area contributed by atoms with Crippen LogP contribution in [0.25, 0.3) is 0 Å². The Morgan fingerprint density at radius 1 is 0.947 bits per heavy atom. The van der Waals surface area contributed by atoms with E-state index in [1.807, 2.05) is 4.72 Å². The Bertz CT molecular complexity index is 568. The zero-order valence-corrected chi connectivity index (χ0v) is 11.2. The number of rotatable bonds is 3. The molecule has 0 radical (unpaired) electrons. The van der Waals surface area contributed by atoms with Gasteiger partial charge in [0.1, 0.15) is 0 Å². The predicted octanol–water partition coefficient (Wildman–Crippen LogP) is 0.0556. The third kappa shape index (κ3) is 4.14. The fourth-order valence-electron chi connectivity index (χ4n) is 1.14. The van der Waals surface area contributed by atoms with Crippen molar-refractivity contribution in [2.45, 2.75) is 4.90 Å². The molecule has 0 saturated heterocycles. The molecule has 0 saturated carbocycles. The second-order valence-corrected chi connectivity index (χ2v) is 5.10. The number of hydrogen-bond donors (Lipinski definition) is 4. The summed E-state index contributed by atoms with van der Waals surface area (Å²) in [4.78, 5) is 21.9. The Balaban J connectivity index is 2.86. The zero-order chi connectivity index (χ0) is 14.5. The third-order valence-corrected chi connectivity index (χ3v) is 3.45. The van der Waals surface area contributed by atoms with Gasteiger partial charge in [-0.3, -0.25) is 0 Å². The number of carbonyl (C=O) groups is 2. The molecule has 0 aliphatic carbocycles. The molecular weight excluding hydrogens is 272 g/mol. The molecular formula is C10H14N4O4S. The van der Waals surface area contributed by atoms with E-state index in [1.165, 1.54) is 38.4 Å². The Morgan fingerprint density at radius 3 is 1.95 bits per heavy atom. The Labute approximate surface area is 110 Å². The molecule has 0 aromatic heterocycles. The first kappa shape index (κ1) is 14.8. The van der Waals surface area contributed by atoms with E-state index < -0.39 is 22.1 Å². The molecule has 0 heterocycles. The molecule has 1 rings (SSSR count). The van der Waals surface area contributed by atoms with Gasteiger partial charge in [0.2, 0.25) is 0 Å². The first-order valence-electron chi connectivity index (χ1n) is 5.22. The lowest BCUT2D eigenvalue weighted by Crippen LogP contribution is -2.37. The number of sulfonamides is 1. The SMILES string of the molecule is CNC(=O)Nc1ccc(S(=O)(=O)NC(=O)NC)cc1. The van der Waals surface area contributed by atoms with Crippen LogP contribution in [0.5, 0.6) is 0 Å². The molecule has 1 aromatic rings. The summed E-state index contributed by atoms with van der Waals surface area (Å²) < 4.78 is 25.3. The lowest BCUT2D eigenvalue weighted by molar-refractivity contribution is 0.247. The van der Waals surface area contributed by atoms with Crippen molar-refractivity contribution in [3.8, 4) is 0 Å². The topological polar surface area (TPSA) is 116 Å². The number of amides is 4. The van der Waals surface area contributed by atoms with Gasteiger partial charge in [0, 0.05) is 19.8 Å². The molecule has 0 bridgehead atoms. The summed E-state index contributed by atoms with van der Waals surface area (Å²) in [6.45, 7) is 0. The molecule has 104 valence electrons. The highest BCUT2D eigenvalue weighted by Gasteiger charge is 2.16. The minimum absolute atomic E-state index is 0.0847. The maximum atomic E-state index is 11.7. The van der Waals surface area contributed by atoms with Gasteiger partial charge in [-0.15, -0.1) is 0 Å². The van der Waals surface area contributed by atoms with Gasteiger partial charge in [-0.05, 0) is 24.3 Å². The monoisotopic (exact) mass is 286 g/mol. The van der Waals surface area contributed by atoms with E-state index in [0.717, 1.165) is 0 Å². The molecule has 8 nitrogen and oxygen atoms in total. The third-order valence-electron chi connectivity index (χ3n) is 2.10. The first-order chi connectivity index (χ1) is 8.89. The van der Waals surface area contributed by atoms with Crippen LogP contribution in [0.3, 0.4) is 0 Å². The fourth-order valence-corrected chi connectivity index (χ4v) is 2.10. The van der Waals surface area contributed by atoms with Crippen molar-refractivity contribution in [1.82, 2.24) is 15.4 Å². The van der Waals surface area contributed by atoms with Crippen molar-refractivity contribution < 1.29 is 18.0 Å². The van der Waals surface area contributed by atoms with Crippen molar-refractivity contribution >= 4 is 27.8 Å². The molecule has 0 aliphatic rings. The van der Waals surface area contributed by atoms with Crippen LogP contribution >= 0.6 is 0 Å². The van der Waals surface area contributed by atoms with Crippen LogP contribution in [0.15, 0.2) is 29.2 Å². The molecule has 0 spiro atoms. The number of carbonyl (C=O) groups excluding carboxylic acids is 2. The largest absolute Gasteiger partial charge is 0.341 e. The van der Waals surface area contributed by atoms with E-state index in [1.54, 1.807) is 0 Å². The smallest absolute Gasteiger partial charge is 0.328 e. The van der Waals surface area contributed by atoms with Crippen LogP contribution < -0.4 is 20.7 Å². The van der Waals surface area contributed by atoms with Crippen molar-refractivity contribution in [2.24, 2.45) is 0 Å². The Morgan fingerprint density at radius 2 is 1.47 bits per heavy atom. The van der Waals surface area contributed by atoms with Crippen LogP contribution in [0.1, 0.15) is 0 Å². The zero-order valence-electron chi connectivity index (χ0n) is 10.4. The van der Waals surface area contributed by atoms with Crippen molar-refractivity contribution in [3.63, 3.8) is 0 Å². The average molecular weight is 286 g/mol. The van der Waals surface area contributed by atoms with E-state index in [-0.39, 0.29) is 4.90 Å². The summed E-state index contributed by atoms with van der Waals surface area (Å²) >= 11 is 0. The maximum Gasteiger partial charge on any atom is 0.328 e. The molecule has 9 heteroatoms. The summed E-state index contributed by atoms with van der Waals surface area (Å²) in [5, 5.41) is 6.98. The highest BCUT2D eigenvalue weighted by Crippen LogP contribution is 2.13. The minimum atomic E-state index is -3.91. The van der Waals surface area contributed by atoms with Crippen LogP contribution in [-0.2, 0) is 10.0 Å². The predicted molar refractivity (Wildman–Crippen MR) is 69.3 cm³/mol. The molecule has 4 amide bonds. The summed E-state index contributed by atoms with van der Waals surface area (Å²) in [6.07, 6.45) is 0. The number of anilines is 1. The van der Waals surface area contributed by atoms with E-state index in [4.69, 9.17) is 0 Å². The van der Waals surface area contributed by atoms with Gasteiger partial charge in [-0.25, -0.2) is 22.7 Å². The normalized spacial score (nSPS) is 10.4. The van der Waals surface area contributed by atoms with Crippen molar-refractivity contribution in [1.29, 1.82) is 0 Å². The van der Waals surface area contributed by atoms with E-state index >= 15 is 0 Å². The van der Waals surface area contributed by atoms with Gasteiger partial charge in [0.25, 0.3) is 10.0 Å². The quantitative estimate of drug-likeness (QED) is 0.628. The molecule has 0 atom stereocenters. The molecule has 4 N–H and O–H groups in total. The highest BCUT2D eigenvalue weighted by atomic mass is 32.2. The van der Waals surface area contributed by atoms with Gasteiger partial charge in [-0.2, -0.15) is 0 Å². The van der Waals surface area contributed by atoms with Gasteiger partial charge < -0.3 is 16.0 Å². The number of hydrogen-bond acceptors (Lipinski definition) is 4. The van der Waals surface area contributed by atoms with Crippen LogP contribution in [0, 0.1) is 0 Å². The van der Waals surface area contributed by atoms with Gasteiger partial charge in [0.05, 0.1) is 4.90 Å². The second-order valence-electron chi connectivity index (χ2n) is 3.41. The Kier molecular flexibility index (Phi) is 4.70. The van der Waals surface area contributed by atoms with Gasteiger partial charge in [-0.1, -0.05) is 0 Å². The van der Waals surface area contributed by atoms with Gasteiger partial charge in [0.15, 0.2) is 0 Å². The second kappa shape index (κ2) is 6.05. The Hall–Kier alpha value is -2.29. The summed E-state index contributed by atoms with van der Waals surface area (Å²) in [5.74, 6) is 0. The molecule has 0 aliphatic heterocycles. The van der Waals surface area contributed by atoms with E-state index in [9.17, 15) is 18.0 Å². The first-order valence-corrected chi connectivity index (χ1v) is 6.70. The summed E-state index contributed by atoms with van der Waals surface area (Å²) in [5.41, 5.74) is 0.429. The number of nitrogens with one attached hydrogen (secondary N) is 4. The summed E-state index contributed by atoms with van der Waals surface area (Å²) in [7, 11) is -1.15. The van der Waals surface area contributed by atoms with E-state index in [0.29, 0.717) is 5.69 Å². The van der Waals surface area contributed by atoms with Gasteiger partial charge >= 0.3 is 12.1 Å². The minimum Gasteiger partial charge on any atom is -0.341 e. The molecule has 19 heavy (non-hydrogen) atoms. The highest BCUT2D eigenvalue weighted by molar-refractivity contribution is 7.90. The molecule has 0 unspecified atom stereocenters. The molecule has 0 fully saturated rings. The molecule has 1 aromatic carbocycles. The maximum absolute atomic E-state index is 11.7. The van der Waals surface area contributed by atoms with E-state index in [2.05, 4.69) is 16.0 Å². The summed E-state index contributed by atoms with van der Waals surface area (Å²) in [6, 6.07) is 4.13. The van der Waals surface area contributed by atoms with Crippen LogP contribution in [0.4, 0.5) is 15.3 Å². The lowest BCUT2D eigenvalue weighted by atomic mass is 10.3. The fraction of sp³-hybridized carbons (Fsp3) is 0.200. The van der Waals surface area contributed by atoms with Crippen LogP contribution in [0.2, 0.25) is 0 Å². The standard InChI is InChI=1S/C10H14N4O4S/c1-11-9(15)13-7-3-5-8(6-4-7)19(17,18)14-10(16)12-2/h3-6H,1-2H3,(H2,11,13,15)(H2,12,14,16). The number of benzene rings is 1. The van der Waals surface area contributed by atoms with Crippen LogP contribution in [-0.4, -0.2) is 34.6 Å².